The van der Waals surface area contributed by atoms with Crippen LogP contribution in [0, 0.1) is 0 Å². The van der Waals surface area contributed by atoms with E-state index in [-0.39, 0.29) is 11.1 Å². The molecule has 1 aromatic carbocycles. The van der Waals surface area contributed by atoms with Gasteiger partial charge in [-0.25, -0.2) is 9.59 Å². The monoisotopic (exact) mass is 314 g/mol. The number of hydrogen-bond acceptors (Lipinski definition) is 6. The molecule has 8 heteroatoms. The Hall–Kier alpha value is -2.19. The molecule has 0 bridgehead atoms. The number of carbonyl (C=O) groups is 2. The fraction of sp³-hybridized carbons (Fsp3) is 0.231. The van der Waals surface area contributed by atoms with Crippen LogP contribution in [0.5, 0.6) is 0 Å². The van der Waals surface area contributed by atoms with Gasteiger partial charge < -0.3 is 9.47 Å². The summed E-state index contributed by atoms with van der Waals surface area (Å²) >= 11 is 0. The van der Waals surface area contributed by atoms with Crippen LogP contribution in [0.3, 0.4) is 0 Å². The lowest BCUT2D eigenvalue weighted by molar-refractivity contribution is -0.160. The molecule has 0 saturated heterocycles. The number of carbonyl (C=O) groups excluding carboxylic acids is 2. The van der Waals surface area contributed by atoms with E-state index in [0.717, 1.165) is 6.07 Å². The first-order chi connectivity index (χ1) is 9.62. The molecular formula is C13H14O7S. The van der Waals surface area contributed by atoms with Crippen LogP contribution >= 0.6 is 0 Å². The SMILES string of the molecule is C=C(C)C(=O)OC(C)OC(=O)c1ccccc1S(=O)(=O)O. The number of rotatable bonds is 5. The molecule has 0 aliphatic carbocycles. The molecule has 1 N–H and O–H groups in total. The van der Waals surface area contributed by atoms with Crippen LogP contribution in [0.15, 0.2) is 41.3 Å². The van der Waals surface area contributed by atoms with E-state index < -0.39 is 33.2 Å². The second-order valence-corrected chi connectivity index (χ2v) is 5.52. The highest BCUT2D eigenvalue weighted by Crippen LogP contribution is 2.17. The quantitative estimate of drug-likeness (QED) is 0.380. The van der Waals surface area contributed by atoms with Crippen LogP contribution in [-0.2, 0) is 24.4 Å². The van der Waals surface area contributed by atoms with Gasteiger partial charge in [0.2, 0.25) is 6.29 Å². The van der Waals surface area contributed by atoms with Crippen molar-refractivity contribution < 1.29 is 32.0 Å². The maximum atomic E-state index is 11.9. The average molecular weight is 314 g/mol. The second-order valence-electron chi connectivity index (χ2n) is 4.13. The van der Waals surface area contributed by atoms with Crippen LogP contribution in [0.25, 0.3) is 0 Å². The predicted molar refractivity (Wildman–Crippen MR) is 72.0 cm³/mol. The maximum Gasteiger partial charge on any atom is 0.342 e. The first kappa shape index (κ1) is 16.9. The summed E-state index contributed by atoms with van der Waals surface area (Å²) in [6.07, 6.45) is -1.24. The first-order valence-electron chi connectivity index (χ1n) is 5.77. The second kappa shape index (κ2) is 6.51. The van der Waals surface area contributed by atoms with E-state index >= 15 is 0 Å². The van der Waals surface area contributed by atoms with E-state index in [2.05, 4.69) is 6.58 Å². The first-order valence-corrected chi connectivity index (χ1v) is 7.21. The van der Waals surface area contributed by atoms with E-state index in [4.69, 9.17) is 14.0 Å². The highest BCUT2D eigenvalue weighted by molar-refractivity contribution is 7.86. The fourth-order valence-electron chi connectivity index (χ4n) is 1.35. The summed E-state index contributed by atoms with van der Waals surface area (Å²) in [5.74, 6) is -1.80. The maximum absolute atomic E-state index is 11.9. The van der Waals surface area contributed by atoms with Gasteiger partial charge in [-0.1, -0.05) is 18.7 Å². The van der Waals surface area contributed by atoms with E-state index in [1.54, 1.807) is 0 Å². The Morgan fingerprint density at radius 1 is 1.24 bits per heavy atom. The van der Waals surface area contributed by atoms with Gasteiger partial charge in [0.1, 0.15) is 4.90 Å². The molecule has 1 unspecified atom stereocenters. The number of hydrogen-bond donors (Lipinski definition) is 1. The van der Waals surface area contributed by atoms with Crippen molar-refractivity contribution in [1.82, 2.24) is 0 Å². The minimum atomic E-state index is -4.57. The number of ether oxygens (including phenoxy) is 2. The lowest BCUT2D eigenvalue weighted by Crippen LogP contribution is -2.23. The molecule has 0 aromatic heterocycles. The Balaban J connectivity index is 2.91. The Bertz CT molecular complexity index is 676. The van der Waals surface area contributed by atoms with Gasteiger partial charge in [0, 0.05) is 12.5 Å². The molecule has 114 valence electrons. The topological polar surface area (TPSA) is 107 Å². The summed E-state index contributed by atoms with van der Waals surface area (Å²) in [7, 11) is -4.57. The third-order valence-electron chi connectivity index (χ3n) is 2.28. The summed E-state index contributed by atoms with van der Waals surface area (Å²) in [6.45, 7) is 6.07. The van der Waals surface area contributed by atoms with Crippen molar-refractivity contribution in [2.75, 3.05) is 0 Å². The molecule has 0 radical (unpaired) electrons. The minimum Gasteiger partial charge on any atom is -0.422 e. The van der Waals surface area contributed by atoms with Crippen LogP contribution in [0.4, 0.5) is 0 Å². The van der Waals surface area contributed by atoms with Crippen molar-refractivity contribution in [2.45, 2.75) is 25.0 Å². The lowest BCUT2D eigenvalue weighted by Gasteiger charge is -2.14. The van der Waals surface area contributed by atoms with Gasteiger partial charge in [0.15, 0.2) is 0 Å². The van der Waals surface area contributed by atoms with Crippen molar-refractivity contribution in [3.8, 4) is 0 Å². The summed E-state index contributed by atoms with van der Waals surface area (Å²) < 4.78 is 40.9. The van der Waals surface area contributed by atoms with Crippen molar-refractivity contribution >= 4 is 22.1 Å². The molecule has 0 spiro atoms. The van der Waals surface area contributed by atoms with E-state index in [9.17, 15) is 18.0 Å². The Morgan fingerprint density at radius 3 is 2.33 bits per heavy atom. The minimum absolute atomic E-state index is 0.122. The van der Waals surface area contributed by atoms with Crippen molar-refractivity contribution in [3.05, 3.63) is 42.0 Å². The molecule has 7 nitrogen and oxygen atoms in total. The smallest absolute Gasteiger partial charge is 0.342 e. The fourth-order valence-corrected chi connectivity index (χ4v) is 2.03. The largest absolute Gasteiger partial charge is 0.422 e. The molecule has 0 aliphatic rings. The van der Waals surface area contributed by atoms with Crippen LogP contribution in [0.1, 0.15) is 24.2 Å². The lowest BCUT2D eigenvalue weighted by atomic mass is 10.2. The molecule has 0 amide bonds. The van der Waals surface area contributed by atoms with E-state index in [1.807, 2.05) is 0 Å². The zero-order valence-electron chi connectivity index (χ0n) is 11.4. The van der Waals surface area contributed by atoms with Gasteiger partial charge in [0.05, 0.1) is 5.56 Å². The molecule has 1 atom stereocenters. The molecule has 0 aliphatic heterocycles. The van der Waals surface area contributed by atoms with Gasteiger partial charge in [-0.15, -0.1) is 0 Å². The molecule has 0 saturated carbocycles. The van der Waals surface area contributed by atoms with Gasteiger partial charge in [-0.3, -0.25) is 4.55 Å². The summed E-state index contributed by atoms with van der Waals surface area (Å²) in [5.41, 5.74) is -0.241. The van der Waals surface area contributed by atoms with Gasteiger partial charge in [-0.2, -0.15) is 8.42 Å². The molecule has 21 heavy (non-hydrogen) atoms. The molecule has 0 heterocycles. The van der Waals surface area contributed by atoms with Gasteiger partial charge in [0.25, 0.3) is 10.1 Å². The third-order valence-corrected chi connectivity index (χ3v) is 3.19. The van der Waals surface area contributed by atoms with E-state index in [0.29, 0.717) is 0 Å². The van der Waals surface area contributed by atoms with Crippen molar-refractivity contribution in [1.29, 1.82) is 0 Å². The Labute approximate surface area is 121 Å². The average Bonchev–Trinajstić information content (AvgIpc) is 2.37. The summed E-state index contributed by atoms with van der Waals surface area (Å²) in [6, 6.07) is 4.95. The van der Waals surface area contributed by atoms with Crippen LogP contribution < -0.4 is 0 Å². The Morgan fingerprint density at radius 2 is 1.81 bits per heavy atom. The zero-order valence-corrected chi connectivity index (χ0v) is 12.2. The molecule has 1 aromatic rings. The highest BCUT2D eigenvalue weighted by atomic mass is 32.2. The molecular weight excluding hydrogens is 300 g/mol. The summed E-state index contributed by atoms with van der Waals surface area (Å²) in [4.78, 5) is 22.5. The third kappa shape index (κ3) is 4.69. The summed E-state index contributed by atoms with van der Waals surface area (Å²) in [5, 5.41) is 0. The van der Waals surface area contributed by atoms with E-state index in [1.165, 1.54) is 32.0 Å². The Kier molecular flexibility index (Phi) is 5.23. The highest BCUT2D eigenvalue weighted by Gasteiger charge is 2.23. The number of esters is 2. The normalized spacial score (nSPS) is 12.3. The molecule has 0 fully saturated rings. The van der Waals surface area contributed by atoms with Gasteiger partial charge >= 0.3 is 11.9 Å². The predicted octanol–water partition coefficient (Wildman–Crippen LogP) is 1.56. The standard InChI is InChI=1S/C13H14O7S/c1-8(2)12(14)19-9(3)20-13(15)10-6-4-5-7-11(10)21(16,17)18/h4-7,9H,1H2,2-3H3,(H,16,17,18). The van der Waals surface area contributed by atoms with Crippen LogP contribution in [-0.4, -0.2) is 31.2 Å². The molecule has 1 rings (SSSR count). The van der Waals surface area contributed by atoms with Crippen LogP contribution in [0.2, 0.25) is 0 Å². The van der Waals surface area contributed by atoms with Crippen molar-refractivity contribution in [3.63, 3.8) is 0 Å². The zero-order chi connectivity index (χ0) is 16.2. The van der Waals surface area contributed by atoms with Crippen molar-refractivity contribution in [2.24, 2.45) is 0 Å². The number of benzene rings is 1. The van der Waals surface area contributed by atoms with Gasteiger partial charge in [-0.05, 0) is 19.1 Å².